The fraction of sp³-hybridized carbons (Fsp3) is 0.360. The van der Waals surface area contributed by atoms with Gasteiger partial charge >= 0.3 is 12.0 Å². The molecular weight excluding hydrogens is 390 g/mol. The van der Waals surface area contributed by atoms with E-state index in [1.165, 1.54) is 11.9 Å². The van der Waals surface area contributed by atoms with E-state index in [2.05, 4.69) is 38.0 Å². The van der Waals surface area contributed by atoms with Crippen molar-refractivity contribution >= 4 is 28.6 Å². The summed E-state index contributed by atoms with van der Waals surface area (Å²) in [6.07, 6.45) is 2.03. The lowest BCUT2D eigenvalue weighted by Gasteiger charge is -2.27. The van der Waals surface area contributed by atoms with E-state index < -0.39 is 18.0 Å². The third kappa shape index (κ3) is 4.74. The maximum atomic E-state index is 13.1. The lowest BCUT2D eigenvalue weighted by atomic mass is 9.92. The highest BCUT2D eigenvalue weighted by Crippen LogP contribution is 2.32. The summed E-state index contributed by atoms with van der Waals surface area (Å²) in [5, 5.41) is 13.9. The molecule has 31 heavy (non-hydrogen) atoms. The molecule has 164 valence electrons. The van der Waals surface area contributed by atoms with Gasteiger partial charge in [0, 0.05) is 36.3 Å². The predicted octanol–water partition coefficient (Wildman–Crippen LogP) is 5.57. The maximum absolute atomic E-state index is 13.1. The fourth-order valence-electron chi connectivity index (χ4n) is 3.93. The number of nitrogens with one attached hydrogen (secondary N) is 2. The van der Waals surface area contributed by atoms with Crippen LogP contribution in [0.4, 0.5) is 10.5 Å². The van der Waals surface area contributed by atoms with Crippen LogP contribution in [0.5, 0.6) is 0 Å². The summed E-state index contributed by atoms with van der Waals surface area (Å²) < 4.78 is 0. The number of fused-ring (bicyclic) bond motifs is 1. The van der Waals surface area contributed by atoms with Gasteiger partial charge in [-0.05, 0) is 34.6 Å². The Kier molecular flexibility index (Phi) is 6.68. The highest BCUT2D eigenvalue weighted by Gasteiger charge is 2.29. The molecule has 0 spiro atoms. The Morgan fingerprint density at radius 3 is 2.19 bits per heavy atom. The number of urea groups is 1. The second kappa shape index (κ2) is 9.25. The van der Waals surface area contributed by atoms with Gasteiger partial charge in [0.05, 0.1) is 0 Å². The Labute approximate surface area is 183 Å². The number of aromatic amines is 1. The van der Waals surface area contributed by atoms with Crippen molar-refractivity contribution in [3.63, 3.8) is 0 Å². The minimum absolute atomic E-state index is 0.214. The molecule has 3 aromatic rings. The van der Waals surface area contributed by atoms with Gasteiger partial charge in [0.25, 0.3) is 0 Å². The molecule has 0 fully saturated rings. The molecule has 3 rings (SSSR count). The van der Waals surface area contributed by atoms with Crippen molar-refractivity contribution in [2.45, 2.75) is 52.0 Å². The number of rotatable bonds is 7. The van der Waals surface area contributed by atoms with Gasteiger partial charge in [-0.1, -0.05) is 64.1 Å². The van der Waals surface area contributed by atoms with Gasteiger partial charge < -0.3 is 20.3 Å². The molecule has 2 aromatic carbocycles. The minimum Gasteiger partial charge on any atom is -0.480 e. The Morgan fingerprint density at radius 1 is 1.00 bits per heavy atom. The molecule has 1 unspecified atom stereocenters. The van der Waals surface area contributed by atoms with Gasteiger partial charge in [0.2, 0.25) is 0 Å². The van der Waals surface area contributed by atoms with Crippen molar-refractivity contribution in [2.75, 3.05) is 12.4 Å². The molecule has 1 heterocycles. The molecule has 0 saturated heterocycles. The van der Waals surface area contributed by atoms with Crippen LogP contribution >= 0.6 is 0 Å². The average molecular weight is 422 g/mol. The topological polar surface area (TPSA) is 85.4 Å². The van der Waals surface area contributed by atoms with E-state index in [9.17, 15) is 14.7 Å². The lowest BCUT2D eigenvalue weighted by molar-refractivity contribution is -0.141. The van der Waals surface area contributed by atoms with E-state index in [-0.39, 0.29) is 18.3 Å². The van der Waals surface area contributed by atoms with Crippen LogP contribution in [0.2, 0.25) is 0 Å². The quantitative estimate of drug-likeness (QED) is 0.466. The van der Waals surface area contributed by atoms with Crippen molar-refractivity contribution in [3.05, 3.63) is 65.4 Å². The zero-order chi connectivity index (χ0) is 22.7. The first-order valence-corrected chi connectivity index (χ1v) is 10.6. The highest BCUT2D eigenvalue weighted by atomic mass is 16.4. The molecule has 3 N–H and O–H groups in total. The molecule has 0 aliphatic heterocycles. The summed E-state index contributed by atoms with van der Waals surface area (Å²) >= 11 is 0. The molecule has 2 amide bonds. The number of carboxylic acids is 1. The van der Waals surface area contributed by atoms with Crippen molar-refractivity contribution < 1.29 is 14.7 Å². The summed E-state index contributed by atoms with van der Waals surface area (Å²) in [6, 6.07) is 12.3. The minimum atomic E-state index is -1.04. The van der Waals surface area contributed by atoms with E-state index in [1.807, 2.05) is 48.7 Å². The number of aromatic nitrogens is 1. The number of aliphatic carboxylic acids is 1. The molecule has 0 aliphatic carbocycles. The first-order valence-electron chi connectivity index (χ1n) is 10.6. The lowest BCUT2D eigenvalue weighted by Crippen LogP contribution is -2.46. The number of hydrogen-bond donors (Lipinski definition) is 3. The number of amides is 2. The predicted molar refractivity (Wildman–Crippen MR) is 125 cm³/mol. The van der Waals surface area contributed by atoms with Gasteiger partial charge in [0.15, 0.2) is 0 Å². The second-order valence-electron chi connectivity index (χ2n) is 8.58. The van der Waals surface area contributed by atoms with Gasteiger partial charge in [-0.15, -0.1) is 0 Å². The van der Waals surface area contributed by atoms with Gasteiger partial charge in [-0.2, -0.15) is 0 Å². The summed E-state index contributed by atoms with van der Waals surface area (Å²) in [5.74, 6) is -0.592. The number of carboxylic acid groups (broad SMARTS) is 1. The third-order valence-corrected chi connectivity index (χ3v) is 5.77. The number of carbonyl (C=O) groups is 2. The molecule has 0 saturated carbocycles. The first-order chi connectivity index (χ1) is 14.7. The molecule has 1 aromatic heterocycles. The molecule has 6 nitrogen and oxygen atoms in total. The molecule has 0 bridgehead atoms. The highest BCUT2D eigenvalue weighted by molar-refractivity contribution is 5.94. The first kappa shape index (κ1) is 22.4. The van der Waals surface area contributed by atoms with Gasteiger partial charge in [-0.3, -0.25) is 0 Å². The molecule has 0 aliphatic rings. The largest absolute Gasteiger partial charge is 0.480 e. The molecule has 0 radical (unpaired) electrons. The van der Waals surface area contributed by atoms with Crippen molar-refractivity contribution in [2.24, 2.45) is 0 Å². The Hall–Kier alpha value is -3.28. The molecule has 6 heteroatoms. The summed E-state index contributed by atoms with van der Waals surface area (Å²) in [4.78, 5) is 29.7. The maximum Gasteiger partial charge on any atom is 0.326 e. The second-order valence-corrected chi connectivity index (χ2v) is 8.58. The standard InChI is InChI=1S/C25H31N3O3/c1-15(2)18-10-8-11-19(16(3)4)23(18)27-25(31)28(5)22(24(29)30)13-17-14-26-21-12-7-6-9-20(17)21/h6-12,14-16,22,26H,13H2,1-5H3,(H,27,31)(H,29,30). The summed E-state index contributed by atoms with van der Waals surface area (Å²) in [6.45, 7) is 8.32. The van der Waals surface area contributed by atoms with Crippen LogP contribution in [-0.4, -0.2) is 40.1 Å². The summed E-state index contributed by atoms with van der Waals surface area (Å²) in [7, 11) is 1.54. The fourth-order valence-corrected chi connectivity index (χ4v) is 3.93. The normalized spacial score (nSPS) is 12.4. The van der Waals surface area contributed by atoms with E-state index in [0.29, 0.717) is 0 Å². The number of benzene rings is 2. The van der Waals surface area contributed by atoms with Crippen LogP contribution in [0.25, 0.3) is 10.9 Å². The number of carbonyl (C=O) groups excluding carboxylic acids is 1. The third-order valence-electron chi connectivity index (χ3n) is 5.77. The smallest absolute Gasteiger partial charge is 0.326 e. The van der Waals surface area contributed by atoms with Crippen LogP contribution in [0, 0.1) is 0 Å². The number of para-hydroxylation sites is 2. The van der Waals surface area contributed by atoms with E-state index in [0.717, 1.165) is 33.3 Å². The van der Waals surface area contributed by atoms with Gasteiger partial charge in [-0.25, -0.2) is 9.59 Å². The van der Waals surface area contributed by atoms with E-state index in [1.54, 1.807) is 0 Å². The Morgan fingerprint density at radius 2 is 1.61 bits per heavy atom. The van der Waals surface area contributed by atoms with Crippen LogP contribution in [0.15, 0.2) is 48.7 Å². The van der Waals surface area contributed by atoms with Gasteiger partial charge in [0.1, 0.15) is 6.04 Å². The number of anilines is 1. The number of likely N-dealkylation sites (N-methyl/N-ethyl adjacent to an activating group) is 1. The van der Waals surface area contributed by atoms with Crippen molar-refractivity contribution in [1.82, 2.24) is 9.88 Å². The Bertz CT molecular complexity index is 1060. The molecule has 1 atom stereocenters. The average Bonchev–Trinajstić information content (AvgIpc) is 3.14. The van der Waals surface area contributed by atoms with Crippen molar-refractivity contribution in [3.8, 4) is 0 Å². The number of H-pyrrole nitrogens is 1. The summed E-state index contributed by atoms with van der Waals surface area (Å²) in [5.41, 5.74) is 4.67. The zero-order valence-electron chi connectivity index (χ0n) is 18.8. The van der Waals surface area contributed by atoms with Crippen LogP contribution < -0.4 is 5.32 Å². The van der Waals surface area contributed by atoms with E-state index >= 15 is 0 Å². The molecular formula is C25H31N3O3. The zero-order valence-corrected chi connectivity index (χ0v) is 18.8. The van der Waals surface area contributed by atoms with Crippen LogP contribution in [0.1, 0.15) is 56.2 Å². The monoisotopic (exact) mass is 421 g/mol. The van der Waals surface area contributed by atoms with Crippen LogP contribution in [-0.2, 0) is 11.2 Å². The van der Waals surface area contributed by atoms with E-state index in [4.69, 9.17) is 0 Å². The van der Waals surface area contributed by atoms with Crippen LogP contribution in [0.3, 0.4) is 0 Å². The SMILES string of the molecule is CC(C)c1cccc(C(C)C)c1NC(=O)N(C)C(Cc1c[nH]c2ccccc12)C(=O)O. The number of nitrogens with zero attached hydrogens (tertiary/aromatic N) is 1. The number of hydrogen-bond acceptors (Lipinski definition) is 2. The van der Waals surface area contributed by atoms with Crippen molar-refractivity contribution in [1.29, 1.82) is 0 Å². The Balaban J connectivity index is 1.88.